The molecule has 1 aromatic carbocycles. The van der Waals surface area contributed by atoms with Gasteiger partial charge in [0.2, 0.25) is 0 Å². The molecule has 0 spiro atoms. The first-order valence-electron chi connectivity index (χ1n) is 6.78. The summed E-state index contributed by atoms with van der Waals surface area (Å²) in [5, 5.41) is 3.06. The topological polar surface area (TPSA) is 41.6 Å². The van der Waals surface area contributed by atoms with Crippen LogP contribution in [0.3, 0.4) is 0 Å². The molecular weight excluding hydrogens is 285 g/mol. The monoisotopic (exact) mass is 302 g/mol. The molecule has 1 N–H and O–H groups in total. The number of hydrogen-bond acceptors (Lipinski definition) is 3. The van der Waals surface area contributed by atoms with Crippen LogP contribution in [-0.2, 0) is 0 Å². The molecule has 0 saturated carbocycles. The van der Waals surface area contributed by atoms with Crippen molar-refractivity contribution < 1.29 is 22.7 Å². The molecule has 2 rings (SSSR count). The van der Waals surface area contributed by atoms with Gasteiger partial charge in [-0.05, 0) is 18.6 Å². The van der Waals surface area contributed by atoms with Crippen LogP contribution in [0.4, 0.5) is 18.9 Å². The summed E-state index contributed by atoms with van der Waals surface area (Å²) in [6, 6.07) is 4.86. The number of para-hydroxylation sites is 1. The van der Waals surface area contributed by atoms with Gasteiger partial charge in [-0.1, -0.05) is 13.0 Å². The average molecular weight is 302 g/mol. The minimum absolute atomic E-state index is 0.0510. The van der Waals surface area contributed by atoms with Gasteiger partial charge in [0.25, 0.3) is 5.91 Å². The van der Waals surface area contributed by atoms with E-state index in [-0.39, 0.29) is 12.1 Å². The van der Waals surface area contributed by atoms with E-state index < -0.39 is 18.6 Å². The molecule has 21 heavy (non-hydrogen) atoms. The van der Waals surface area contributed by atoms with E-state index in [1.54, 1.807) is 19.1 Å². The van der Waals surface area contributed by atoms with Crippen LogP contribution in [-0.4, -0.2) is 43.2 Å². The Morgan fingerprint density at radius 3 is 2.86 bits per heavy atom. The number of halogens is 3. The number of carbonyl (C=O) groups is 1. The number of alkyl halides is 3. The maximum atomic E-state index is 12.6. The van der Waals surface area contributed by atoms with Crippen LogP contribution in [0, 0.1) is 0 Å². The molecule has 1 aliphatic heterocycles. The lowest BCUT2D eigenvalue weighted by atomic mass is 10.1. The third-order valence-electron chi connectivity index (χ3n) is 3.06. The van der Waals surface area contributed by atoms with Gasteiger partial charge < -0.3 is 15.0 Å². The fourth-order valence-corrected chi connectivity index (χ4v) is 2.25. The largest absolute Gasteiger partial charge is 0.489 e. The van der Waals surface area contributed by atoms with Crippen molar-refractivity contribution in [2.75, 3.05) is 31.6 Å². The molecule has 0 atom stereocenters. The molecule has 0 unspecified atom stereocenters. The summed E-state index contributed by atoms with van der Waals surface area (Å²) in [7, 11) is 0. The normalized spacial score (nSPS) is 13.9. The summed E-state index contributed by atoms with van der Waals surface area (Å²) in [5.41, 5.74) is 0.799. The van der Waals surface area contributed by atoms with Gasteiger partial charge in [0.05, 0.1) is 11.3 Å². The van der Waals surface area contributed by atoms with E-state index in [9.17, 15) is 18.0 Å². The molecule has 1 amide bonds. The second-order valence-corrected chi connectivity index (χ2v) is 4.80. The molecule has 0 radical (unpaired) electrons. The smallest absolute Gasteiger partial charge is 0.406 e. The Kier molecular flexibility index (Phi) is 4.59. The third-order valence-corrected chi connectivity index (χ3v) is 3.06. The van der Waals surface area contributed by atoms with Crippen LogP contribution in [0.5, 0.6) is 5.75 Å². The van der Waals surface area contributed by atoms with Crippen LogP contribution >= 0.6 is 0 Å². The number of amides is 1. The molecule has 4 nitrogen and oxygen atoms in total. The standard InChI is InChI=1S/C14H17F3N2O2/c1-2-7-19(9-14(15,16)17)13(20)10-4-3-5-11-12(10)21-8-6-18-11/h3-5,18H,2,6-9H2,1H3. The van der Waals surface area contributed by atoms with Crippen LogP contribution in [0.25, 0.3) is 0 Å². The molecule has 1 heterocycles. The predicted octanol–water partition coefficient (Wildman–Crippen LogP) is 2.91. The van der Waals surface area contributed by atoms with E-state index in [0.717, 1.165) is 4.90 Å². The van der Waals surface area contributed by atoms with E-state index in [1.807, 2.05) is 0 Å². The lowest BCUT2D eigenvalue weighted by Crippen LogP contribution is -2.39. The molecule has 0 fully saturated rings. The molecule has 0 aromatic heterocycles. The van der Waals surface area contributed by atoms with Gasteiger partial charge in [-0.15, -0.1) is 0 Å². The Hall–Kier alpha value is -1.92. The number of nitrogens with zero attached hydrogens (tertiary/aromatic N) is 1. The fourth-order valence-electron chi connectivity index (χ4n) is 2.25. The van der Waals surface area contributed by atoms with E-state index in [0.29, 0.717) is 31.0 Å². The first-order chi connectivity index (χ1) is 9.92. The number of carbonyl (C=O) groups excluding carboxylic acids is 1. The second kappa shape index (κ2) is 6.24. The van der Waals surface area contributed by atoms with Crippen LogP contribution in [0.15, 0.2) is 18.2 Å². The minimum atomic E-state index is -4.42. The summed E-state index contributed by atoms with van der Waals surface area (Å²) in [6.07, 6.45) is -3.96. The van der Waals surface area contributed by atoms with Gasteiger partial charge in [-0.3, -0.25) is 4.79 Å². The number of anilines is 1. The highest BCUT2D eigenvalue weighted by molar-refractivity contribution is 5.99. The van der Waals surface area contributed by atoms with Gasteiger partial charge >= 0.3 is 6.18 Å². The molecule has 0 bridgehead atoms. The van der Waals surface area contributed by atoms with Crippen molar-refractivity contribution in [2.24, 2.45) is 0 Å². The average Bonchev–Trinajstić information content (AvgIpc) is 2.44. The number of rotatable bonds is 4. The summed E-state index contributed by atoms with van der Waals surface area (Å²) in [4.78, 5) is 13.2. The quantitative estimate of drug-likeness (QED) is 0.930. The summed E-state index contributed by atoms with van der Waals surface area (Å²) in [5.74, 6) is -0.327. The van der Waals surface area contributed by atoms with Crippen molar-refractivity contribution in [1.29, 1.82) is 0 Å². The van der Waals surface area contributed by atoms with E-state index >= 15 is 0 Å². The molecule has 1 aliphatic rings. The molecule has 7 heteroatoms. The fraction of sp³-hybridized carbons (Fsp3) is 0.500. The maximum Gasteiger partial charge on any atom is 0.406 e. The van der Waals surface area contributed by atoms with Crippen molar-refractivity contribution in [3.8, 4) is 5.75 Å². The zero-order valence-corrected chi connectivity index (χ0v) is 11.7. The lowest BCUT2D eigenvalue weighted by Gasteiger charge is -2.26. The Morgan fingerprint density at radius 1 is 1.43 bits per heavy atom. The van der Waals surface area contributed by atoms with Crippen LogP contribution < -0.4 is 10.1 Å². The SMILES string of the molecule is CCCN(CC(F)(F)F)C(=O)c1cccc2c1OCCN2. The van der Waals surface area contributed by atoms with E-state index in [1.165, 1.54) is 6.07 Å². The predicted molar refractivity (Wildman–Crippen MR) is 72.7 cm³/mol. The third kappa shape index (κ3) is 3.80. The summed E-state index contributed by atoms with van der Waals surface area (Å²) >= 11 is 0. The number of hydrogen-bond donors (Lipinski definition) is 1. The molecule has 0 aliphatic carbocycles. The van der Waals surface area contributed by atoms with Gasteiger partial charge in [0.15, 0.2) is 5.75 Å². The number of benzene rings is 1. The molecule has 1 aromatic rings. The van der Waals surface area contributed by atoms with Gasteiger partial charge in [-0.2, -0.15) is 13.2 Å². The first kappa shape index (κ1) is 15.5. The highest BCUT2D eigenvalue weighted by Gasteiger charge is 2.34. The van der Waals surface area contributed by atoms with Crippen molar-refractivity contribution in [3.05, 3.63) is 23.8 Å². The number of ether oxygens (including phenoxy) is 1. The van der Waals surface area contributed by atoms with E-state index in [4.69, 9.17) is 4.74 Å². The van der Waals surface area contributed by atoms with Gasteiger partial charge in [0.1, 0.15) is 13.2 Å². The minimum Gasteiger partial charge on any atom is -0.489 e. The zero-order chi connectivity index (χ0) is 15.5. The maximum absolute atomic E-state index is 12.6. The van der Waals surface area contributed by atoms with Gasteiger partial charge in [0, 0.05) is 13.1 Å². The summed E-state index contributed by atoms with van der Waals surface area (Å²) in [6.45, 7) is 1.51. The van der Waals surface area contributed by atoms with Crippen molar-refractivity contribution in [3.63, 3.8) is 0 Å². The second-order valence-electron chi connectivity index (χ2n) is 4.80. The Morgan fingerprint density at radius 2 is 2.19 bits per heavy atom. The van der Waals surface area contributed by atoms with Crippen LogP contribution in [0.2, 0.25) is 0 Å². The summed E-state index contributed by atoms with van der Waals surface area (Å²) < 4.78 is 43.3. The van der Waals surface area contributed by atoms with Crippen molar-refractivity contribution >= 4 is 11.6 Å². The Bertz CT molecular complexity index is 517. The zero-order valence-electron chi connectivity index (χ0n) is 11.7. The van der Waals surface area contributed by atoms with Gasteiger partial charge in [-0.25, -0.2) is 0 Å². The molecular formula is C14H17F3N2O2. The van der Waals surface area contributed by atoms with Crippen LogP contribution in [0.1, 0.15) is 23.7 Å². The number of nitrogens with one attached hydrogen (secondary N) is 1. The Balaban J connectivity index is 2.28. The van der Waals surface area contributed by atoms with Crippen molar-refractivity contribution in [2.45, 2.75) is 19.5 Å². The number of fused-ring (bicyclic) bond motifs is 1. The van der Waals surface area contributed by atoms with Crippen molar-refractivity contribution in [1.82, 2.24) is 4.90 Å². The first-order valence-corrected chi connectivity index (χ1v) is 6.78. The molecule has 0 saturated heterocycles. The highest BCUT2D eigenvalue weighted by atomic mass is 19.4. The molecule has 116 valence electrons. The van der Waals surface area contributed by atoms with E-state index in [2.05, 4.69) is 5.32 Å². The highest BCUT2D eigenvalue weighted by Crippen LogP contribution is 2.32. The lowest BCUT2D eigenvalue weighted by molar-refractivity contribution is -0.140. The Labute approximate surface area is 120 Å².